The molecule has 2 unspecified atom stereocenters. The lowest BCUT2D eigenvalue weighted by Gasteiger charge is -2.64. The molecule has 1 aliphatic heterocycles. The predicted octanol–water partition coefficient (Wildman–Crippen LogP) is 2.58. The molecule has 0 aromatic rings. The van der Waals surface area contributed by atoms with Gasteiger partial charge in [-0.1, -0.05) is 13.8 Å². The first kappa shape index (κ1) is 19.1. The molecule has 9 atom stereocenters. The Bertz CT molecular complexity index is 718. The van der Waals surface area contributed by atoms with E-state index in [1.165, 1.54) is 0 Å². The van der Waals surface area contributed by atoms with Gasteiger partial charge < -0.3 is 20.1 Å². The second-order valence-corrected chi connectivity index (χ2v) is 10.8. The van der Waals surface area contributed by atoms with Gasteiger partial charge in [0.2, 0.25) is 0 Å². The number of esters is 1. The van der Waals surface area contributed by atoms with E-state index in [0.29, 0.717) is 31.3 Å². The first-order chi connectivity index (χ1) is 13.2. The Hall–Kier alpha value is -0.910. The standard InChI is InChI=1S/C23H34O5/c1-21-7-5-15(24)10-14(21)3-4-17-18(21)11-19(25)22(2)16(6-8-23(17,22)27)13-9-20(26)28-12-13/h9,14-19,24-25,27H,3-8,10-12H2,1-2H3/t14?,15-,16+,17+,18?,19+,21-,22-,23-/m0/s1. The zero-order valence-corrected chi connectivity index (χ0v) is 17.1. The average molecular weight is 391 g/mol. The van der Waals surface area contributed by atoms with Crippen LogP contribution in [0.5, 0.6) is 0 Å². The maximum atomic E-state index is 12.1. The number of hydrogen-bond donors (Lipinski definition) is 3. The van der Waals surface area contributed by atoms with Crippen LogP contribution in [0.1, 0.15) is 65.2 Å². The van der Waals surface area contributed by atoms with Crippen LogP contribution in [0.15, 0.2) is 11.6 Å². The van der Waals surface area contributed by atoms with Gasteiger partial charge in [0.1, 0.15) is 6.61 Å². The number of carbonyl (C=O) groups is 1. The van der Waals surface area contributed by atoms with Crippen LogP contribution in [0, 0.1) is 34.5 Å². The van der Waals surface area contributed by atoms with Crippen molar-refractivity contribution in [1.82, 2.24) is 0 Å². The number of cyclic esters (lactones) is 1. The summed E-state index contributed by atoms with van der Waals surface area (Å²) < 4.78 is 5.16. The molecule has 156 valence electrons. The Balaban J connectivity index is 1.51. The number of rotatable bonds is 1. The summed E-state index contributed by atoms with van der Waals surface area (Å²) in [6.07, 6.45) is 7.69. The first-order valence-electron chi connectivity index (χ1n) is 11.2. The second kappa shape index (κ2) is 6.05. The lowest BCUT2D eigenvalue weighted by atomic mass is 9.42. The molecule has 5 heteroatoms. The highest BCUT2D eigenvalue weighted by Gasteiger charge is 2.70. The molecule has 0 radical (unpaired) electrons. The smallest absolute Gasteiger partial charge is 0.331 e. The zero-order valence-electron chi connectivity index (χ0n) is 17.1. The minimum Gasteiger partial charge on any atom is -0.458 e. The number of fused-ring (bicyclic) bond motifs is 5. The van der Waals surface area contributed by atoms with Crippen molar-refractivity contribution in [3.05, 3.63) is 11.6 Å². The van der Waals surface area contributed by atoms with E-state index < -0.39 is 17.1 Å². The number of aliphatic hydroxyl groups excluding tert-OH is 2. The quantitative estimate of drug-likeness (QED) is 0.599. The molecular weight excluding hydrogens is 356 g/mol. The third-order valence-electron chi connectivity index (χ3n) is 10.0. The first-order valence-corrected chi connectivity index (χ1v) is 11.2. The third-order valence-corrected chi connectivity index (χ3v) is 10.0. The summed E-state index contributed by atoms with van der Waals surface area (Å²) in [5, 5.41) is 33.7. The van der Waals surface area contributed by atoms with Crippen LogP contribution in [0.3, 0.4) is 0 Å². The van der Waals surface area contributed by atoms with E-state index in [2.05, 4.69) is 6.92 Å². The third kappa shape index (κ3) is 2.27. The van der Waals surface area contributed by atoms with E-state index >= 15 is 0 Å². The van der Waals surface area contributed by atoms with E-state index in [1.54, 1.807) is 6.08 Å². The van der Waals surface area contributed by atoms with E-state index in [1.807, 2.05) is 6.92 Å². The summed E-state index contributed by atoms with van der Waals surface area (Å²) in [6.45, 7) is 4.69. The Morgan fingerprint density at radius 3 is 2.54 bits per heavy atom. The van der Waals surface area contributed by atoms with Gasteiger partial charge in [0.05, 0.1) is 17.8 Å². The van der Waals surface area contributed by atoms with Crippen molar-refractivity contribution < 1.29 is 24.9 Å². The lowest BCUT2D eigenvalue weighted by molar-refractivity contribution is -0.244. The summed E-state index contributed by atoms with van der Waals surface area (Å²) >= 11 is 0. The van der Waals surface area contributed by atoms with Crippen molar-refractivity contribution in [1.29, 1.82) is 0 Å². The second-order valence-electron chi connectivity index (χ2n) is 10.8. The topological polar surface area (TPSA) is 87.0 Å². The zero-order chi connectivity index (χ0) is 19.9. The summed E-state index contributed by atoms with van der Waals surface area (Å²) in [7, 11) is 0. The Morgan fingerprint density at radius 2 is 1.82 bits per heavy atom. The molecule has 0 aromatic heterocycles. The molecule has 5 nitrogen and oxygen atoms in total. The molecule has 5 aliphatic rings. The number of hydrogen-bond acceptors (Lipinski definition) is 5. The Kier molecular flexibility index (Phi) is 4.12. The molecule has 0 spiro atoms. The molecule has 4 aliphatic carbocycles. The SMILES string of the molecule is C[C@]12CC[C@H](O)CC1CC[C@@H]1C2C[C@@H](O)[C@]2(C)[C@@H](C3=CC(=O)OC3)CC[C@]12O. The van der Waals surface area contributed by atoms with Crippen molar-refractivity contribution in [2.45, 2.75) is 83.0 Å². The fourth-order valence-electron chi connectivity index (χ4n) is 8.37. The lowest BCUT2D eigenvalue weighted by Crippen LogP contribution is -2.67. The van der Waals surface area contributed by atoms with Gasteiger partial charge in [-0.2, -0.15) is 0 Å². The molecule has 4 saturated carbocycles. The van der Waals surface area contributed by atoms with Gasteiger partial charge in [-0.05, 0) is 86.0 Å². The highest BCUT2D eigenvalue weighted by atomic mass is 16.5. The Labute approximate surface area is 167 Å². The molecule has 4 fully saturated rings. The van der Waals surface area contributed by atoms with E-state index in [9.17, 15) is 20.1 Å². The van der Waals surface area contributed by atoms with Crippen LogP contribution in [0.2, 0.25) is 0 Å². The highest BCUT2D eigenvalue weighted by molar-refractivity contribution is 5.85. The van der Waals surface area contributed by atoms with Crippen LogP contribution in [-0.4, -0.2) is 45.7 Å². The molecule has 5 rings (SSSR count). The largest absolute Gasteiger partial charge is 0.458 e. The molecule has 0 aromatic carbocycles. The molecule has 0 bridgehead atoms. The fourth-order valence-corrected chi connectivity index (χ4v) is 8.37. The van der Waals surface area contributed by atoms with Gasteiger partial charge in [-0.25, -0.2) is 4.79 Å². The van der Waals surface area contributed by atoms with Gasteiger partial charge in [0.25, 0.3) is 0 Å². The Morgan fingerprint density at radius 1 is 1.04 bits per heavy atom. The number of carbonyl (C=O) groups excluding carboxylic acids is 1. The van der Waals surface area contributed by atoms with E-state index in [0.717, 1.165) is 44.1 Å². The minimum atomic E-state index is -0.906. The molecule has 0 amide bonds. The van der Waals surface area contributed by atoms with Gasteiger partial charge in [-0.3, -0.25) is 0 Å². The summed E-state index contributed by atoms with van der Waals surface area (Å²) in [5.41, 5.74) is -0.507. The number of aliphatic hydroxyl groups is 3. The van der Waals surface area contributed by atoms with Gasteiger partial charge >= 0.3 is 5.97 Å². The fraction of sp³-hybridized carbons (Fsp3) is 0.870. The van der Waals surface area contributed by atoms with Crippen molar-refractivity contribution in [2.24, 2.45) is 34.5 Å². The number of ether oxygens (including phenoxy) is 1. The molecular formula is C23H34O5. The van der Waals surface area contributed by atoms with Gasteiger partial charge in [0.15, 0.2) is 0 Å². The van der Waals surface area contributed by atoms with Crippen LogP contribution in [0.25, 0.3) is 0 Å². The minimum absolute atomic E-state index is 0.00129. The van der Waals surface area contributed by atoms with Crippen molar-refractivity contribution in [3.8, 4) is 0 Å². The van der Waals surface area contributed by atoms with Crippen LogP contribution in [0.4, 0.5) is 0 Å². The molecule has 3 N–H and O–H groups in total. The van der Waals surface area contributed by atoms with E-state index in [4.69, 9.17) is 4.74 Å². The maximum absolute atomic E-state index is 12.1. The molecule has 0 saturated heterocycles. The summed E-state index contributed by atoms with van der Waals surface area (Å²) in [5.74, 6) is 0.657. The van der Waals surface area contributed by atoms with Crippen LogP contribution >= 0.6 is 0 Å². The van der Waals surface area contributed by atoms with Crippen molar-refractivity contribution in [3.63, 3.8) is 0 Å². The van der Waals surface area contributed by atoms with Crippen molar-refractivity contribution in [2.75, 3.05) is 6.61 Å². The highest BCUT2D eigenvalue weighted by Crippen LogP contribution is 2.69. The molecule has 1 heterocycles. The summed E-state index contributed by atoms with van der Waals surface area (Å²) in [4.78, 5) is 11.6. The maximum Gasteiger partial charge on any atom is 0.331 e. The van der Waals surface area contributed by atoms with Crippen LogP contribution in [-0.2, 0) is 9.53 Å². The summed E-state index contributed by atoms with van der Waals surface area (Å²) in [6, 6.07) is 0. The van der Waals surface area contributed by atoms with Crippen LogP contribution < -0.4 is 0 Å². The molecule has 28 heavy (non-hydrogen) atoms. The average Bonchev–Trinajstić information content (AvgIpc) is 3.19. The monoisotopic (exact) mass is 390 g/mol. The van der Waals surface area contributed by atoms with Gasteiger partial charge in [-0.15, -0.1) is 0 Å². The van der Waals surface area contributed by atoms with Gasteiger partial charge in [0, 0.05) is 11.5 Å². The predicted molar refractivity (Wildman–Crippen MR) is 103 cm³/mol. The van der Waals surface area contributed by atoms with Crippen molar-refractivity contribution >= 4 is 5.97 Å². The van der Waals surface area contributed by atoms with E-state index in [-0.39, 0.29) is 29.3 Å². The normalized spacial score (nSPS) is 55.8.